The summed E-state index contributed by atoms with van der Waals surface area (Å²) in [6.07, 6.45) is 5.12. The maximum absolute atomic E-state index is 5.98. The smallest absolute Gasteiger partial charge is 0.0113 e. The van der Waals surface area contributed by atoms with Crippen molar-refractivity contribution in [3.63, 3.8) is 0 Å². The summed E-state index contributed by atoms with van der Waals surface area (Å²) >= 11 is 0. The van der Waals surface area contributed by atoms with E-state index in [0.29, 0.717) is 6.04 Å². The molecule has 4 heteroatoms. The lowest BCUT2D eigenvalue weighted by Crippen LogP contribution is -2.52. The lowest BCUT2D eigenvalue weighted by Gasteiger charge is -2.42. The van der Waals surface area contributed by atoms with Gasteiger partial charge in [-0.3, -0.25) is 4.90 Å². The molecular weight excluding hydrogens is 246 g/mol. The lowest BCUT2D eigenvalue weighted by atomic mass is 9.90. The first-order valence-electron chi connectivity index (χ1n) is 7.37. The molecule has 18 heavy (non-hydrogen) atoms. The van der Waals surface area contributed by atoms with Crippen LogP contribution in [0.4, 0.5) is 0 Å². The zero-order valence-corrected chi connectivity index (χ0v) is 12.8. The van der Waals surface area contributed by atoms with E-state index in [2.05, 4.69) is 23.6 Å². The van der Waals surface area contributed by atoms with E-state index in [0.717, 1.165) is 12.0 Å². The number of hydrogen-bond donors (Lipinski definition) is 1. The van der Waals surface area contributed by atoms with Gasteiger partial charge in [-0.25, -0.2) is 0 Å². The summed E-state index contributed by atoms with van der Waals surface area (Å²) < 4.78 is 0. The first-order valence-corrected chi connectivity index (χ1v) is 7.37. The molecule has 0 aromatic rings. The predicted octanol–water partition coefficient (Wildman–Crippen LogP) is 1.95. The summed E-state index contributed by atoms with van der Waals surface area (Å²) in [6.45, 7) is 11.0. The molecular formula is C14H30ClN3. The van der Waals surface area contributed by atoms with Gasteiger partial charge < -0.3 is 10.6 Å². The second-order valence-electron chi connectivity index (χ2n) is 6.30. The number of nitrogens with zero attached hydrogens (tertiary/aromatic N) is 2. The van der Waals surface area contributed by atoms with Gasteiger partial charge in [-0.15, -0.1) is 12.4 Å². The van der Waals surface area contributed by atoms with Crippen LogP contribution < -0.4 is 5.73 Å². The fourth-order valence-corrected chi connectivity index (χ4v) is 3.29. The van der Waals surface area contributed by atoms with Gasteiger partial charge in [-0.2, -0.15) is 0 Å². The van der Waals surface area contributed by atoms with Gasteiger partial charge in [0.1, 0.15) is 0 Å². The summed E-state index contributed by atoms with van der Waals surface area (Å²) in [5.74, 6) is 0.800. The molecule has 1 aliphatic heterocycles. The second kappa shape index (κ2) is 7.68. The Hall–Kier alpha value is 0.170. The Labute approximate surface area is 118 Å². The van der Waals surface area contributed by atoms with E-state index in [4.69, 9.17) is 5.73 Å². The zero-order valence-electron chi connectivity index (χ0n) is 12.0. The molecule has 1 saturated carbocycles. The number of hydrogen-bond acceptors (Lipinski definition) is 3. The predicted molar refractivity (Wildman–Crippen MR) is 80.3 cm³/mol. The molecule has 0 radical (unpaired) electrons. The fourth-order valence-electron chi connectivity index (χ4n) is 3.29. The van der Waals surface area contributed by atoms with E-state index in [1.54, 1.807) is 0 Å². The van der Waals surface area contributed by atoms with E-state index >= 15 is 0 Å². The van der Waals surface area contributed by atoms with Gasteiger partial charge in [0.25, 0.3) is 0 Å². The van der Waals surface area contributed by atoms with Crippen LogP contribution in [0.5, 0.6) is 0 Å². The Morgan fingerprint density at radius 3 is 2.06 bits per heavy atom. The molecule has 0 aromatic carbocycles. The Balaban J connectivity index is 0.00000162. The van der Waals surface area contributed by atoms with Crippen molar-refractivity contribution in [2.75, 3.05) is 32.7 Å². The Morgan fingerprint density at radius 1 is 1.00 bits per heavy atom. The fraction of sp³-hybridized carbons (Fsp3) is 1.00. The number of rotatable bonds is 3. The van der Waals surface area contributed by atoms with Crippen molar-refractivity contribution in [1.29, 1.82) is 0 Å². The Bertz CT molecular complexity index is 219. The number of piperazine rings is 1. The lowest BCUT2D eigenvalue weighted by molar-refractivity contribution is 0.0711. The minimum Gasteiger partial charge on any atom is -0.328 e. The summed E-state index contributed by atoms with van der Waals surface area (Å²) in [5, 5.41) is 0. The van der Waals surface area contributed by atoms with Crippen molar-refractivity contribution >= 4 is 12.4 Å². The Morgan fingerprint density at radius 2 is 1.56 bits per heavy atom. The average molecular weight is 276 g/mol. The van der Waals surface area contributed by atoms with Gasteiger partial charge in [0.2, 0.25) is 0 Å². The highest BCUT2D eigenvalue weighted by Gasteiger charge is 2.27. The van der Waals surface area contributed by atoms with Crippen molar-refractivity contribution in [2.24, 2.45) is 11.7 Å². The molecule has 0 spiro atoms. The molecule has 2 rings (SSSR count). The second-order valence-corrected chi connectivity index (χ2v) is 6.30. The first kappa shape index (κ1) is 16.2. The highest BCUT2D eigenvalue weighted by molar-refractivity contribution is 5.85. The Kier molecular flexibility index (Phi) is 6.93. The quantitative estimate of drug-likeness (QED) is 0.855. The van der Waals surface area contributed by atoms with Crippen molar-refractivity contribution in [3.8, 4) is 0 Å². The van der Waals surface area contributed by atoms with Crippen LogP contribution in [0.3, 0.4) is 0 Å². The zero-order chi connectivity index (χ0) is 12.3. The van der Waals surface area contributed by atoms with Crippen LogP contribution >= 0.6 is 12.4 Å². The number of halogens is 1. The van der Waals surface area contributed by atoms with E-state index in [1.165, 1.54) is 58.4 Å². The average Bonchev–Trinajstić information content (AvgIpc) is 2.30. The molecule has 108 valence electrons. The van der Waals surface area contributed by atoms with Gasteiger partial charge in [-0.1, -0.05) is 13.8 Å². The van der Waals surface area contributed by atoms with E-state index in [1.807, 2.05) is 0 Å². The summed E-state index contributed by atoms with van der Waals surface area (Å²) in [6, 6.07) is 1.31. The summed E-state index contributed by atoms with van der Waals surface area (Å²) in [7, 11) is 0. The molecule has 1 aliphatic carbocycles. The van der Waals surface area contributed by atoms with Crippen LogP contribution in [0.2, 0.25) is 0 Å². The maximum Gasteiger partial charge on any atom is 0.0113 e. The van der Waals surface area contributed by atoms with Gasteiger partial charge in [0, 0.05) is 44.8 Å². The van der Waals surface area contributed by atoms with Crippen LogP contribution in [-0.4, -0.2) is 54.6 Å². The minimum atomic E-state index is 0. The SMILES string of the molecule is CC(C)CN1CCN(C2CCC(N)CC2)CC1.Cl. The molecule has 0 bridgehead atoms. The molecule has 1 saturated heterocycles. The van der Waals surface area contributed by atoms with Crippen molar-refractivity contribution < 1.29 is 0 Å². The number of nitrogens with two attached hydrogens (primary N) is 1. The summed E-state index contributed by atoms with van der Waals surface area (Å²) in [4.78, 5) is 5.33. The highest BCUT2D eigenvalue weighted by Crippen LogP contribution is 2.23. The van der Waals surface area contributed by atoms with Crippen molar-refractivity contribution in [1.82, 2.24) is 9.80 Å². The minimum absolute atomic E-state index is 0. The summed E-state index contributed by atoms with van der Waals surface area (Å²) in [5.41, 5.74) is 5.98. The molecule has 2 fully saturated rings. The molecule has 2 N–H and O–H groups in total. The molecule has 0 amide bonds. The largest absolute Gasteiger partial charge is 0.328 e. The monoisotopic (exact) mass is 275 g/mol. The standard InChI is InChI=1S/C14H29N3.ClH/c1-12(2)11-16-7-9-17(10-8-16)14-5-3-13(15)4-6-14;/h12-14H,3-11,15H2,1-2H3;1H. The van der Waals surface area contributed by atoms with Crippen LogP contribution in [0.25, 0.3) is 0 Å². The normalized spacial score (nSPS) is 31.3. The van der Waals surface area contributed by atoms with Gasteiger partial charge in [-0.05, 0) is 31.6 Å². The van der Waals surface area contributed by atoms with Crippen LogP contribution in [-0.2, 0) is 0 Å². The van der Waals surface area contributed by atoms with Crippen molar-refractivity contribution in [3.05, 3.63) is 0 Å². The van der Waals surface area contributed by atoms with E-state index in [9.17, 15) is 0 Å². The molecule has 2 aliphatic rings. The molecule has 0 atom stereocenters. The molecule has 3 nitrogen and oxygen atoms in total. The van der Waals surface area contributed by atoms with Crippen LogP contribution in [0, 0.1) is 5.92 Å². The third-order valence-corrected chi connectivity index (χ3v) is 4.29. The third-order valence-electron chi connectivity index (χ3n) is 4.29. The van der Waals surface area contributed by atoms with E-state index < -0.39 is 0 Å². The topological polar surface area (TPSA) is 32.5 Å². The van der Waals surface area contributed by atoms with Gasteiger partial charge in [0.05, 0.1) is 0 Å². The highest BCUT2D eigenvalue weighted by atomic mass is 35.5. The van der Waals surface area contributed by atoms with Crippen LogP contribution in [0.15, 0.2) is 0 Å². The van der Waals surface area contributed by atoms with Gasteiger partial charge >= 0.3 is 0 Å². The van der Waals surface area contributed by atoms with Crippen LogP contribution in [0.1, 0.15) is 39.5 Å². The van der Waals surface area contributed by atoms with E-state index in [-0.39, 0.29) is 12.4 Å². The maximum atomic E-state index is 5.98. The molecule has 1 heterocycles. The van der Waals surface area contributed by atoms with Gasteiger partial charge in [0.15, 0.2) is 0 Å². The first-order chi connectivity index (χ1) is 8.15. The van der Waals surface area contributed by atoms with Crippen molar-refractivity contribution in [2.45, 2.75) is 51.6 Å². The molecule has 0 unspecified atom stereocenters. The third kappa shape index (κ3) is 4.69. The molecule has 0 aromatic heterocycles.